The van der Waals surface area contributed by atoms with Gasteiger partial charge in [-0.3, -0.25) is 0 Å². The molecule has 0 fully saturated rings. The summed E-state index contributed by atoms with van der Waals surface area (Å²) in [6, 6.07) is 7.01. The Bertz CT molecular complexity index is 362. The number of hydrogen-bond donors (Lipinski definition) is 0. The number of esters is 1. The van der Waals surface area contributed by atoms with Gasteiger partial charge >= 0.3 is 5.97 Å². The third-order valence-electron chi connectivity index (χ3n) is 2.76. The predicted octanol–water partition coefficient (Wildman–Crippen LogP) is 3.66. The molecule has 3 nitrogen and oxygen atoms in total. The number of halogens is 1. The molecule has 0 spiro atoms. The van der Waals surface area contributed by atoms with Crippen LogP contribution in [0.2, 0.25) is 0 Å². The monoisotopic (exact) mass is 314 g/mol. The first-order chi connectivity index (χ1) is 8.67. The minimum absolute atomic E-state index is 0.326. The largest absolute Gasteiger partial charge is 0.494 e. The molecule has 100 valence electrons. The molecule has 18 heavy (non-hydrogen) atoms. The van der Waals surface area contributed by atoms with E-state index in [-0.39, 0.29) is 5.97 Å². The first kappa shape index (κ1) is 15.0. The standard InChI is InChI=1S/C14H19BrO3/c1-11(7-9-15)8-10-18-13-5-3-12(4-6-13)14(16)17-2/h3-6,11H,7-10H2,1-2H3. The molecule has 0 heterocycles. The van der Waals surface area contributed by atoms with Gasteiger partial charge in [0.15, 0.2) is 0 Å². The zero-order valence-electron chi connectivity index (χ0n) is 10.8. The second kappa shape index (κ2) is 8.14. The lowest BCUT2D eigenvalue weighted by atomic mass is 10.1. The summed E-state index contributed by atoms with van der Waals surface area (Å²) in [7, 11) is 1.37. The molecule has 1 unspecified atom stereocenters. The Morgan fingerprint density at radius 3 is 2.50 bits per heavy atom. The van der Waals surface area contributed by atoms with Crippen molar-refractivity contribution in [2.24, 2.45) is 5.92 Å². The molecule has 0 N–H and O–H groups in total. The van der Waals surface area contributed by atoms with Crippen LogP contribution in [0.25, 0.3) is 0 Å². The maximum Gasteiger partial charge on any atom is 0.337 e. The van der Waals surface area contributed by atoms with Crippen molar-refractivity contribution in [3.8, 4) is 5.75 Å². The Morgan fingerprint density at radius 2 is 1.94 bits per heavy atom. The number of rotatable bonds is 7. The number of alkyl halides is 1. The lowest BCUT2D eigenvalue weighted by molar-refractivity contribution is 0.0600. The second-order valence-electron chi connectivity index (χ2n) is 4.24. The molecule has 1 aromatic carbocycles. The van der Waals surface area contributed by atoms with Gasteiger partial charge in [-0.15, -0.1) is 0 Å². The van der Waals surface area contributed by atoms with Crippen molar-refractivity contribution in [1.82, 2.24) is 0 Å². The van der Waals surface area contributed by atoms with Gasteiger partial charge in [-0.05, 0) is 43.0 Å². The summed E-state index contributed by atoms with van der Waals surface area (Å²) in [5, 5.41) is 1.03. The minimum atomic E-state index is -0.326. The van der Waals surface area contributed by atoms with E-state index in [4.69, 9.17) is 4.74 Å². The molecule has 1 atom stereocenters. The molecule has 1 aromatic rings. The van der Waals surface area contributed by atoms with Crippen LogP contribution in [0.1, 0.15) is 30.1 Å². The van der Waals surface area contributed by atoms with E-state index >= 15 is 0 Å². The van der Waals surface area contributed by atoms with Crippen LogP contribution in [-0.2, 0) is 4.74 Å². The Hall–Kier alpha value is -1.03. The third-order valence-corrected chi connectivity index (χ3v) is 3.21. The van der Waals surface area contributed by atoms with E-state index in [0.717, 1.165) is 23.9 Å². The number of methoxy groups -OCH3 is 1. The number of hydrogen-bond acceptors (Lipinski definition) is 3. The van der Waals surface area contributed by atoms with Gasteiger partial charge in [0.1, 0.15) is 5.75 Å². The van der Waals surface area contributed by atoms with E-state index in [1.165, 1.54) is 7.11 Å². The topological polar surface area (TPSA) is 35.5 Å². The highest BCUT2D eigenvalue weighted by molar-refractivity contribution is 9.09. The van der Waals surface area contributed by atoms with Crippen LogP contribution in [0.3, 0.4) is 0 Å². The van der Waals surface area contributed by atoms with Crippen molar-refractivity contribution in [3.05, 3.63) is 29.8 Å². The first-order valence-corrected chi connectivity index (χ1v) is 7.16. The maximum atomic E-state index is 11.2. The van der Waals surface area contributed by atoms with Crippen LogP contribution in [0, 0.1) is 5.92 Å². The molecule has 0 amide bonds. The maximum absolute atomic E-state index is 11.2. The second-order valence-corrected chi connectivity index (χ2v) is 5.03. The van der Waals surface area contributed by atoms with Gasteiger partial charge in [-0.2, -0.15) is 0 Å². The van der Waals surface area contributed by atoms with Crippen molar-refractivity contribution >= 4 is 21.9 Å². The number of ether oxygens (including phenoxy) is 2. The molecule has 0 aliphatic carbocycles. The van der Waals surface area contributed by atoms with E-state index in [9.17, 15) is 4.79 Å². The van der Waals surface area contributed by atoms with E-state index in [1.807, 2.05) is 0 Å². The molecule has 0 bridgehead atoms. The molecule has 0 saturated heterocycles. The summed E-state index contributed by atoms with van der Waals surface area (Å²) in [6.45, 7) is 2.91. The average Bonchev–Trinajstić information content (AvgIpc) is 2.39. The van der Waals surface area contributed by atoms with Gasteiger partial charge < -0.3 is 9.47 Å². The smallest absolute Gasteiger partial charge is 0.337 e. The lowest BCUT2D eigenvalue weighted by Crippen LogP contribution is -2.05. The van der Waals surface area contributed by atoms with Crippen molar-refractivity contribution in [1.29, 1.82) is 0 Å². The van der Waals surface area contributed by atoms with Gasteiger partial charge in [0.25, 0.3) is 0 Å². The highest BCUT2D eigenvalue weighted by Gasteiger charge is 2.05. The Morgan fingerprint density at radius 1 is 1.28 bits per heavy atom. The fourth-order valence-electron chi connectivity index (χ4n) is 1.51. The SMILES string of the molecule is COC(=O)c1ccc(OCCC(C)CCBr)cc1. The van der Waals surface area contributed by atoms with Crippen molar-refractivity contribution in [3.63, 3.8) is 0 Å². The average molecular weight is 315 g/mol. The van der Waals surface area contributed by atoms with Crippen LogP contribution >= 0.6 is 15.9 Å². The van der Waals surface area contributed by atoms with Gasteiger partial charge in [0.05, 0.1) is 19.3 Å². The van der Waals surface area contributed by atoms with Crippen molar-refractivity contribution in [2.75, 3.05) is 19.0 Å². The zero-order chi connectivity index (χ0) is 13.4. The molecule has 0 aliphatic rings. The fraction of sp³-hybridized carbons (Fsp3) is 0.500. The summed E-state index contributed by atoms with van der Waals surface area (Å²) in [6.07, 6.45) is 2.19. The lowest BCUT2D eigenvalue weighted by Gasteiger charge is -2.11. The summed E-state index contributed by atoms with van der Waals surface area (Å²) in [5.74, 6) is 1.11. The van der Waals surface area contributed by atoms with Gasteiger partial charge in [0.2, 0.25) is 0 Å². The predicted molar refractivity (Wildman–Crippen MR) is 75.5 cm³/mol. The Labute approximate surface area is 117 Å². The molecular formula is C14H19BrO3. The van der Waals surface area contributed by atoms with Crippen LogP contribution in [0.15, 0.2) is 24.3 Å². The third kappa shape index (κ3) is 5.08. The van der Waals surface area contributed by atoms with Crippen LogP contribution in [-0.4, -0.2) is 25.0 Å². The van der Waals surface area contributed by atoms with Crippen LogP contribution < -0.4 is 4.74 Å². The van der Waals surface area contributed by atoms with Crippen molar-refractivity contribution in [2.45, 2.75) is 19.8 Å². The normalized spacial score (nSPS) is 11.9. The molecule has 0 aliphatic heterocycles. The zero-order valence-corrected chi connectivity index (χ0v) is 12.4. The fourth-order valence-corrected chi connectivity index (χ4v) is 2.30. The molecule has 0 radical (unpaired) electrons. The molecule has 1 rings (SSSR count). The highest BCUT2D eigenvalue weighted by atomic mass is 79.9. The highest BCUT2D eigenvalue weighted by Crippen LogP contribution is 2.15. The molecule has 0 aromatic heterocycles. The quantitative estimate of drug-likeness (QED) is 0.569. The molecular weight excluding hydrogens is 296 g/mol. The van der Waals surface area contributed by atoms with E-state index in [0.29, 0.717) is 18.1 Å². The molecule has 0 saturated carbocycles. The summed E-state index contributed by atoms with van der Waals surface area (Å²) in [4.78, 5) is 11.2. The van der Waals surface area contributed by atoms with E-state index < -0.39 is 0 Å². The number of carbonyl (C=O) groups excluding carboxylic acids is 1. The van der Waals surface area contributed by atoms with Crippen LogP contribution in [0.5, 0.6) is 5.75 Å². The molecule has 4 heteroatoms. The Kier molecular flexibility index (Phi) is 6.80. The van der Waals surface area contributed by atoms with Gasteiger partial charge in [0, 0.05) is 5.33 Å². The van der Waals surface area contributed by atoms with Gasteiger partial charge in [-0.1, -0.05) is 22.9 Å². The number of benzene rings is 1. The van der Waals surface area contributed by atoms with Gasteiger partial charge in [-0.25, -0.2) is 4.79 Å². The van der Waals surface area contributed by atoms with Crippen molar-refractivity contribution < 1.29 is 14.3 Å². The Balaban J connectivity index is 2.37. The van der Waals surface area contributed by atoms with E-state index in [2.05, 4.69) is 27.6 Å². The summed E-state index contributed by atoms with van der Waals surface area (Å²) in [5.41, 5.74) is 0.539. The first-order valence-electron chi connectivity index (χ1n) is 6.04. The van der Waals surface area contributed by atoms with Crippen LogP contribution in [0.4, 0.5) is 0 Å². The van der Waals surface area contributed by atoms with E-state index in [1.54, 1.807) is 24.3 Å². The summed E-state index contributed by atoms with van der Waals surface area (Å²) < 4.78 is 10.3. The minimum Gasteiger partial charge on any atom is -0.494 e. The summed E-state index contributed by atoms with van der Waals surface area (Å²) >= 11 is 3.43. The number of carbonyl (C=O) groups is 1.